The molecule has 0 radical (unpaired) electrons. The summed E-state index contributed by atoms with van der Waals surface area (Å²) in [6.45, 7) is 4.48. The number of nitrogens with zero attached hydrogens (tertiary/aromatic N) is 2. The zero-order valence-corrected chi connectivity index (χ0v) is 8.87. The molecule has 3 unspecified atom stereocenters. The number of hydrogen-bond acceptors (Lipinski definition) is 3. The number of nitrogens with one attached hydrogen (secondary N) is 1. The Morgan fingerprint density at radius 3 is 2.86 bits per heavy atom. The molecule has 0 amide bonds. The van der Waals surface area contributed by atoms with Gasteiger partial charge in [-0.3, -0.25) is 4.90 Å². The summed E-state index contributed by atoms with van der Waals surface area (Å²) in [5.74, 6) is 0. The molecule has 1 N–H and O–H groups in total. The number of piperazine rings is 1. The summed E-state index contributed by atoms with van der Waals surface area (Å²) in [6, 6.07) is 4.19. The Bertz CT molecular complexity index is 225. The van der Waals surface area contributed by atoms with E-state index in [2.05, 4.69) is 23.2 Å². The molecule has 3 nitrogen and oxygen atoms in total. The molecular formula is C11H19N3. The summed E-state index contributed by atoms with van der Waals surface area (Å²) >= 11 is 0. The minimum absolute atomic E-state index is 0.495. The van der Waals surface area contributed by atoms with Gasteiger partial charge in [-0.15, -0.1) is 0 Å². The second kappa shape index (κ2) is 4.29. The molecule has 0 saturated carbocycles. The molecule has 3 aliphatic rings. The number of nitriles is 1. The van der Waals surface area contributed by atoms with Crippen molar-refractivity contribution in [3.05, 3.63) is 0 Å². The smallest absolute Gasteiger partial charge is 0.0638 e. The molecule has 3 saturated heterocycles. The highest BCUT2D eigenvalue weighted by Crippen LogP contribution is 2.26. The number of piperidine rings is 2. The van der Waals surface area contributed by atoms with E-state index in [4.69, 9.17) is 5.26 Å². The fourth-order valence-corrected chi connectivity index (χ4v) is 2.79. The Hall–Kier alpha value is -0.590. The van der Waals surface area contributed by atoms with Gasteiger partial charge < -0.3 is 5.32 Å². The first-order valence-corrected chi connectivity index (χ1v) is 5.71. The maximum Gasteiger partial charge on any atom is 0.0638 e. The van der Waals surface area contributed by atoms with E-state index in [1.54, 1.807) is 0 Å². The quantitative estimate of drug-likeness (QED) is 0.730. The molecular weight excluding hydrogens is 174 g/mol. The van der Waals surface area contributed by atoms with Crippen LogP contribution in [0.3, 0.4) is 0 Å². The molecule has 3 heterocycles. The Labute approximate surface area is 86.1 Å². The summed E-state index contributed by atoms with van der Waals surface area (Å²) in [7, 11) is 0. The van der Waals surface area contributed by atoms with Crippen LogP contribution in [-0.4, -0.2) is 36.1 Å². The van der Waals surface area contributed by atoms with Crippen LogP contribution >= 0.6 is 0 Å². The zero-order valence-electron chi connectivity index (χ0n) is 8.87. The summed E-state index contributed by atoms with van der Waals surface area (Å²) in [6.07, 6.45) is 4.44. The van der Waals surface area contributed by atoms with E-state index in [0.717, 1.165) is 19.5 Å². The number of fused-ring (bicyclic) bond motifs is 3. The molecule has 3 atom stereocenters. The van der Waals surface area contributed by atoms with E-state index in [1.165, 1.54) is 12.8 Å². The predicted octanol–water partition coefficient (Wildman–Crippen LogP) is 1.11. The summed E-state index contributed by atoms with van der Waals surface area (Å²) in [5, 5.41) is 12.3. The van der Waals surface area contributed by atoms with E-state index in [9.17, 15) is 0 Å². The highest BCUT2D eigenvalue weighted by Gasteiger charge is 2.36. The molecule has 2 bridgehead atoms. The first-order chi connectivity index (χ1) is 6.85. The maximum absolute atomic E-state index is 8.78. The molecule has 3 heteroatoms. The molecule has 0 aliphatic carbocycles. The van der Waals surface area contributed by atoms with E-state index in [-0.39, 0.29) is 0 Å². The van der Waals surface area contributed by atoms with Crippen molar-refractivity contribution in [1.29, 1.82) is 5.26 Å². The van der Waals surface area contributed by atoms with E-state index >= 15 is 0 Å². The molecule has 0 aromatic rings. The van der Waals surface area contributed by atoms with Crippen LogP contribution in [0.1, 0.15) is 32.6 Å². The average Bonchev–Trinajstić information content (AvgIpc) is 2.27. The minimum atomic E-state index is 0.495. The SMILES string of the molecule is CCC(CC#N)N1CC2CCC1CN2. The van der Waals surface area contributed by atoms with Crippen LogP contribution in [0.15, 0.2) is 0 Å². The monoisotopic (exact) mass is 193 g/mol. The lowest BCUT2D eigenvalue weighted by Crippen LogP contribution is -2.63. The normalized spacial score (nSPS) is 34.0. The highest BCUT2D eigenvalue weighted by molar-refractivity contribution is 4.96. The van der Waals surface area contributed by atoms with E-state index in [0.29, 0.717) is 24.5 Å². The fraction of sp³-hybridized carbons (Fsp3) is 0.909. The zero-order chi connectivity index (χ0) is 9.97. The molecule has 0 spiro atoms. The second-order valence-corrected chi connectivity index (χ2v) is 4.46. The third-order valence-corrected chi connectivity index (χ3v) is 3.66. The average molecular weight is 193 g/mol. The van der Waals surface area contributed by atoms with Gasteiger partial charge in [-0.2, -0.15) is 5.26 Å². The Morgan fingerprint density at radius 2 is 2.43 bits per heavy atom. The second-order valence-electron chi connectivity index (χ2n) is 4.46. The van der Waals surface area contributed by atoms with Crippen LogP contribution in [0.4, 0.5) is 0 Å². The van der Waals surface area contributed by atoms with Crippen molar-refractivity contribution in [3.63, 3.8) is 0 Å². The van der Waals surface area contributed by atoms with Gasteiger partial charge in [0, 0.05) is 31.2 Å². The molecule has 0 aromatic carbocycles. The summed E-state index contributed by atoms with van der Waals surface area (Å²) < 4.78 is 0. The van der Waals surface area contributed by atoms with Crippen LogP contribution in [0, 0.1) is 11.3 Å². The van der Waals surface area contributed by atoms with Crippen LogP contribution in [-0.2, 0) is 0 Å². The van der Waals surface area contributed by atoms with Crippen molar-refractivity contribution >= 4 is 0 Å². The molecule has 3 fully saturated rings. The van der Waals surface area contributed by atoms with Gasteiger partial charge in [0.1, 0.15) is 0 Å². The topological polar surface area (TPSA) is 39.1 Å². The van der Waals surface area contributed by atoms with Crippen molar-refractivity contribution in [3.8, 4) is 6.07 Å². The van der Waals surface area contributed by atoms with Gasteiger partial charge >= 0.3 is 0 Å². The van der Waals surface area contributed by atoms with Gasteiger partial charge in [0.25, 0.3) is 0 Å². The van der Waals surface area contributed by atoms with Crippen LogP contribution < -0.4 is 5.32 Å². The largest absolute Gasteiger partial charge is 0.311 e. The Kier molecular flexibility index (Phi) is 3.05. The predicted molar refractivity (Wildman–Crippen MR) is 55.8 cm³/mol. The van der Waals surface area contributed by atoms with Gasteiger partial charge in [-0.25, -0.2) is 0 Å². The molecule has 3 rings (SSSR count). The third-order valence-electron chi connectivity index (χ3n) is 3.66. The number of rotatable bonds is 3. The van der Waals surface area contributed by atoms with Crippen molar-refractivity contribution < 1.29 is 0 Å². The first-order valence-electron chi connectivity index (χ1n) is 5.71. The fourth-order valence-electron chi connectivity index (χ4n) is 2.79. The van der Waals surface area contributed by atoms with Crippen molar-refractivity contribution in [2.45, 2.75) is 50.7 Å². The van der Waals surface area contributed by atoms with E-state index in [1.807, 2.05) is 0 Å². The standard InChI is InChI=1S/C11H19N3/c1-2-10(5-6-12)14-8-9-3-4-11(14)7-13-9/h9-11,13H,2-5,7-8H2,1H3. The lowest BCUT2D eigenvalue weighted by molar-refractivity contribution is 0.0364. The Balaban J connectivity index is 1.99. The van der Waals surface area contributed by atoms with Gasteiger partial charge in [-0.1, -0.05) is 6.92 Å². The Morgan fingerprint density at radius 1 is 1.57 bits per heavy atom. The first kappa shape index (κ1) is 9.95. The van der Waals surface area contributed by atoms with Crippen LogP contribution in [0.2, 0.25) is 0 Å². The van der Waals surface area contributed by atoms with Gasteiger partial charge in [-0.05, 0) is 19.3 Å². The summed E-state index contributed by atoms with van der Waals surface area (Å²) in [4.78, 5) is 2.56. The lowest BCUT2D eigenvalue weighted by atomic mass is 9.90. The van der Waals surface area contributed by atoms with Gasteiger partial charge in [0.05, 0.1) is 12.5 Å². The van der Waals surface area contributed by atoms with Crippen molar-refractivity contribution in [2.75, 3.05) is 13.1 Å². The molecule has 0 aromatic heterocycles. The van der Waals surface area contributed by atoms with Crippen molar-refractivity contribution in [2.24, 2.45) is 0 Å². The van der Waals surface area contributed by atoms with Crippen LogP contribution in [0.25, 0.3) is 0 Å². The summed E-state index contributed by atoms with van der Waals surface area (Å²) in [5.41, 5.74) is 0. The third kappa shape index (κ3) is 1.77. The highest BCUT2D eigenvalue weighted by atomic mass is 15.3. The minimum Gasteiger partial charge on any atom is -0.311 e. The molecule has 14 heavy (non-hydrogen) atoms. The maximum atomic E-state index is 8.78. The van der Waals surface area contributed by atoms with Gasteiger partial charge in [0.2, 0.25) is 0 Å². The lowest BCUT2D eigenvalue weighted by Gasteiger charge is -2.48. The van der Waals surface area contributed by atoms with Crippen molar-refractivity contribution in [1.82, 2.24) is 10.2 Å². The van der Waals surface area contributed by atoms with Crippen LogP contribution in [0.5, 0.6) is 0 Å². The molecule has 78 valence electrons. The van der Waals surface area contributed by atoms with Gasteiger partial charge in [0.15, 0.2) is 0 Å². The number of hydrogen-bond donors (Lipinski definition) is 1. The van der Waals surface area contributed by atoms with E-state index < -0.39 is 0 Å². The molecule has 3 aliphatic heterocycles.